The minimum Gasteiger partial charge on any atom is -0.309 e. The van der Waals surface area contributed by atoms with E-state index in [1.54, 1.807) is 0 Å². The quantitative estimate of drug-likeness (QED) is 0.168. The Bertz CT molecular complexity index is 3800. The Hall–Kier alpha value is -8.20. The van der Waals surface area contributed by atoms with Crippen LogP contribution in [0.2, 0.25) is 0 Å². The van der Waals surface area contributed by atoms with E-state index < -0.39 is 5.41 Å². The monoisotopic (exact) mass is 798 g/mol. The van der Waals surface area contributed by atoms with Gasteiger partial charge in [-0.15, -0.1) is 0 Å². The van der Waals surface area contributed by atoms with Crippen LogP contribution in [0.15, 0.2) is 231 Å². The first-order chi connectivity index (χ1) is 31.3. The number of aromatic nitrogens is 2. The molecule has 0 saturated carbocycles. The predicted octanol–water partition coefficient (Wildman–Crippen LogP) is 15.6. The van der Waals surface area contributed by atoms with Gasteiger partial charge in [-0.25, -0.2) is 0 Å². The van der Waals surface area contributed by atoms with Crippen molar-refractivity contribution in [2.75, 3.05) is 0 Å². The summed E-state index contributed by atoms with van der Waals surface area (Å²) in [5, 5.41) is 5.01. The van der Waals surface area contributed by atoms with Crippen LogP contribution in [0.25, 0.3) is 99.5 Å². The van der Waals surface area contributed by atoms with E-state index in [9.17, 15) is 0 Å². The molecule has 0 unspecified atom stereocenters. The third-order valence-electron chi connectivity index (χ3n) is 14.1. The first kappa shape index (κ1) is 34.5. The summed E-state index contributed by atoms with van der Waals surface area (Å²) in [7, 11) is 0. The van der Waals surface area contributed by atoms with Gasteiger partial charge in [-0.3, -0.25) is 0 Å². The van der Waals surface area contributed by atoms with Crippen LogP contribution in [0, 0.1) is 0 Å². The van der Waals surface area contributed by atoms with Crippen LogP contribution < -0.4 is 0 Å². The molecule has 0 aliphatic heterocycles. The number of rotatable bonds is 4. The maximum Gasteiger partial charge on any atom is 0.0726 e. The van der Waals surface area contributed by atoms with Crippen LogP contribution >= 0.6 is 0 Å². The van der Waals surface area contributed by atoms with Crippen molar-refractivity contribution in [3.05, 3.63) is 253 Å². The average molecular weight is 799 g/mol. The van der Waals surface area contributed by atoms with Gasteiger partial charge in [0.2, 0.25) is 0 Å². The molecule has 0 bridgehead atoms. The highest BCUT2D eigenvalue weighted by atomic mass is 15.0. The molecule has 0 amide bonds. The highest BCUT2D eigenvalue weighted by Gasteiger charge is 2.51. The first-order valence-electron chi connectivity index (χ1n) is 21.9. The fourth-order valence-corrected chi connectivity index (χ4v) is 11.5. The molecule has 1 spiro atoms. The van der Waals surface area contributed by atoms with Crippen LogP contribution in [0.3, 0.4) is 0 Å². The third kappa shape index (κ3) is 4.67. The van der Waals surface area contributed by atoms with E-state index in [1.165, 1.54) is 122 Å². The van der Waals surface area contributed by atoms with Crippen LogP contribution in [0.1, 0.15) is 22.3 Å². The highest BCUT2D eigenvalue weighted by molar-refractivity contribution is 6.13. The molecule has 63 heavy (non-hydrogen) atoms. The van der Waals surface area contributed by atoms with Crippen LogP contribution in [-0.2, 0) is 5.41 Å². The Morgan fingerprint density at radius 2 is 0.698 bits per heavy atom. The van der Waals surface area contributed by atoms with E-state index in [1.807, 2.05) is 0 Å². The lowest BCUT2D eigenvalue weighted by molar-refractivity contribution is 0.792. The second kappa shape index (κ2) is 12.9. The molecule has 292 valence electrons. The Morgan fingerprint density at radius 3 is 1.33 bits per heavy atom. The molecule has 2 nitrogen and oxygen atoms in total. The fourth-order valence-electron chi connectivity index (χ4n) is 11.5. The summed E-state index contributed by atoms with van der Waals surface area (Å²) in [6.45, 7) is 0. The summed E-state index contributed by atoms with van der Waals surface area (Å²) in [6, 6.07) is 85.8. The van der Waals surface area contributed by atoms with Crippen molar-refractivity contribution in [1.29, 1.82) is 0 Å². The van der Waals surface area contributed by atoms with Gasteiger partial charge in [-0.1, -0.05) is 164 Å². The molecule has 0 fully saturated rings. The maximum atomic E-state index is 2.51. The molecule has 0 atom stereocenters. The van der Waals surface area contributed by atoms with Crippen molar-refractivity contribution in [1.82, 2.24) is 9.13 Å². The Kier molecular flexibility index (Phi) is 7.07. The summed E-state index contributed by atoms with van der Waals surface area (Å²) in [4.78, 5) is 0. The van der Waals surface area contributed by atoms with E-state index in [0.717, 1.165) is 0 Å². The van der Waals surface area contributed by atoms with Crippen molar-refractivity contribution >= 4 is 43.6 Å². The molecular weight excluding hydrogens is 761 g/mol. The Balaban J connectivity index is 0.976. The minimum atomic E-state index is -0.447. The van der Waals surface area contributed by atoms with E-state index in [-0.39, 0.29) is 0 Å². The molecule has 2 aliphatic rings. The van der Waals surface area contributed by atoms with Gasteiger partial charge in [0.05, 0.1) is 27.5 Å². The molecule has 2 aromatic heterocycles. The van der Waals surface area contributed by atoms with Crippen LogP contribution in [-0.4, -0.2) is 9.13 Å². The first-order valence-corrected chi connectivity index (χ1v) is 21.9. The number of hydrogen-bond acceptors (Lipinski definition) is 0. The predicted molar refractivity (Wildman–Crippen MR) is 262 cm³/mol. The topological polar surface area (TPSA) is 9.86 Å². The number of para-hydroxylation sites is 3. The average Bonchev–Trinajstić information content (AvgIpc) is 4.06. The summed E-state index contributed by atoms with van der Waals surface area (Å²) in [5.74, 6) is 0. The normalized spacial score (nSPS) is 13.2. The molecule has 10 aromatic carbocycles. The van der Waals surface area contributed by atoms with E-state index >= 15 is 0 Å². The van der Waals surface area contributed by atoms with Crippen LogP contribution in [0.5, 0.6) is 0 Å². The molecule has 0 N–H and O–H groups in total. The van der Waals surface area contributed by atoms with E-state index in [0.29, 0.717) is 0 Å². The largest absolute Gasteiger partial charge is 0.309 e. The molecule has 2 heterocycles. The van der Waals surface area contributed by atoms with Crippen molar-refractivity contribution in [2.24, 2.45) is 0 Å². The zero-order chi connectivity index (χ0) is 41.2. The third-order valence-corrected chi connectivity index (χ3v) is 14.1. The molecule has 12 aromatic rings. The molecule has 0 saturated heterocycles. The lowest BCUT2D eigenvalue weighted by Crippen LogP contribution is -2.26. The van der Waals surface area contributed by atoms with Gasteiger partial charge in [0.1, 0.15) is 0 Å². The van der Waals surface area contributed by atoms with Gasteiger partial charge < -0.3 is 9.13 Å². The van der Waals surface area contributed by atoms with Gasteiger partial charge in [0.15, 0.2) is 0 Å². The lowest BCUT2D eigenvalue weighted by atomic mass is 9.70. The molecule has 14 rings (SSSR count). The molecule has 0 radical (unpaired) electrons. The maximum absolute atomic E-state index is 2.51. The number of hydrogen-bond donors (Lipinski definition) is 0. The molecule has 2 heteroatoms. The van der Waals surface area contributed by atoms with Gasteiger partial charge in [-0.05, 0) is 133 Å². The van der Waals surface area contributed by atoms with E-state index in [2.05, 4.69) is 240 Å². The Labute approximate surface area is 365 Å². The summed E-state index contributed by atoms with van der Waals surface area (Å²) < 4.78 is 4.87. The fraction of sp³-hybridized carbons (Fsp3) is 0.0164. The van der Waals surface area contributed by atoms with Gasteiger partial charge >= 0.3 is 0 Å². The number of benzene rings is 10. The lowest BCUT2D eigenvalue weighted by Gasteiger charge is -2.31. The van der Waals surface area contributed by atoms with Crippen molar-refractivity contribution in [3.63, 3.8) is 0 Å². The highest BCUT2D eigenvalue weighted by Crippen LogP contribution is 2.63. The minimum absolute atomic E-state index is 0.447. The second-order valence-electron chi connectivity index (χ2n) is 17.2. The zero-order valence-corrected chi connectivity index (χ0v) is 34.3. The van der Waals surface area contributed by atoms with E-state index in [4.69, 9.17) is 0 Å². The summed E-state index contributed by atoms with van der Waals surface area (Å²) in [6.07, 6.45) is 0. The van der Waals surface area contributed by atoms with Crippen LogP contribution in [0.4, 0.5) is 0 Å². The Morgan fingerprint density at radius 1 is 0.238 bits per heavy atom. The number of fused-ring (bicyclic) bond motifs is 16. The summed E-state index contributed by atoms with van der Waals surface area (Å²) >= 11 is 0. The van der Waals surface area contributed by atoms with Crippen molar-refractivity contribution in [3.8, 4) is 55.9 Å². The molecule has 2 aliphatic carbocycles. The van der Waals surface area contributed by atoms with Gasteiger partial charge in [0.25, 0.3) is 0 Å². The number of nitrogens with zero attached hydrogens (tertiary/aromatic N) is 2. The standard InChI is InChI=1S/C61H38N2/c1-3-15-39(16-4-1)40-27-32-55-50(35-40)47-31-30-44(38-56(47)61(55)53-23-11-7-19-45(53)46-20-8-12-24-54(46)61)63-58-26-14-10-22-49(58)52-37-42(29-34-60(52)63)41-28-33-59-51(36-41)48-21-9-13-25-57(48)62(59)43-17-5-2-6-18-43/h1-38H. The van der Waals surface area contributed by atoms with Gasteiger partial charge in [-0.2, -0.15) is 0 Å². The summed E-state index contributed by atoms with van der Waals surface area (Å²) in [5.41, 5.74) is 22.2. The molecular formula is C61H38N2. The van der Waals surface area contributed by atoms with Crippen molar-refractivity contribution in [2.45, 2.75) is 5.41 Å². The second-order valence-corrected chi connectivity index (χ2v) is 17.2. The SMILES string of the molecule is c1ccc(-c2ccc3c(c2)-c2ccc(-n4c5ccccc5c5cc(-c6ccc7c(c6)c6ccccc6n7-c6ccccc6)ccc54)cc2C32c3ccccc3-c3ccccc32)cc1. The van der Waals surface area contributed by atoms with Crippen molar-refractivity contribution < 1.29 is 0 Å². The van der Waals surface area contributed by atoms with Gasteiger partial charge in [0, 0.05) is 32.9 Å². The zero-order valence-electron chi connectivity index (χ0n) is 34.3. The smallest absolute Gasteiger partial charge is 0.0726 e.